The summed E-state index contributed by atoms with van der Waals surface area (Å²) in [5.74, 6) is 0. The molecule has 0 nitrogen and oxygen atoms in total. The van der Waals surface area contributed by atoms with E-state index in [1.54, 1.807) is 0 Å². The van der Waals surface area contributed by atoms with Crippen LogP contribution in [0.4, 0.5) is 0 Å². The second-order valence-corrected chi connectivity index (χ2v) is 19.6. The number of fused-ring (bicyclic) bond motifs is 4. The lowest BCUT2D eigenvalue weighted by Gasteiger charge is -2.20. The average molecular weight is 655 g/mol. The fourth-order valence-electron chi connectivity index (χ4n) is 7.78. The molecular formula is C49H38Si. The summed E-state index contributed by atoms with van der Waals surface area (Å²) < 4.78 is 0. The van der Waals surface area contributed by atoms with Gasteiger partial charge in [-0.3, -0.25) is 0 Å². The molecule has 0 saturated heterocycles. The minimum absolute atomic E-state index is 1.23. The monoisotopic (exact) mass is 654 g/mol. The molecule has 9 aromatic rings. The van der Waals surface area contributed by atoms with Gasteiger partial charge in [0.25, 0.3) is 0 Å². The van der Waals surface area contributed by atoms with Gasteiger partial charge in [-0.1, -0.05) is 189 Å². The second-order valence-electron chi connectivity index (χ2n) is 14.5. The van der Waals surface area contributed by atoms with Crippen LogP contribution >= 0.6 is 0 Å². The van der Waals surface area contributed by atoms with Gasteiger partial charge in [0.1, 0.15) is 0 Å². The van der Waals surface area contributed by atoms with E-state index >= 15 is 0 Å². The van der Waals surface area contributed by atoms with Crippen LogP contribution in [-0.4, -0.2) is 8.07 Å². The van der Waals surface area contributed by atoms with Crippen molar-refractivity contribution in [1.29, 1.82) is 0 Å². The highest BCUT2D eigenvalue weighted by Crippen LogP contribution is 2.44. The van der Waals surface area contributed by atoms with E-state index in [-0.39, 0.29) is 0 Å². The largest absolute Gasteiger partial charge is 0.0775 e. The van der Waals surface area contributed by atoms with E-state index in [9.17, 15) is 0 Å². The Hall–Kier alpha value is -5.76. The van der Waals surface area contributed by atoms with Crippen molar-refractivity contribution < 1.29 is 0 Å². The first-order valence-electron chi connectivity index (χ1n) is 17.6. The van der Waals surface area contributed by atoms with Gasteiger partial charge in [0.05, 0.1) is 8.07 Å². The van der Waals surface area contributed by atoms with Crippen molar-refractivity contribution in [3.05, 3.63) is 176 Å². The molecule has 0 spiro atoms. The van der Waals surface area contributed by atoms with Crippen LogP contribution < -0.4 is 5.19 Å². The maximum atomic E-state index is 2.42. The zero-order valence-electron chi connectivity index (χ0n) is 28.7. The highest BCUT2D eigenvalue weighted by Gasteiger charge is 2.19. The second kappa shape index (κ2) is 12.0. The zero-order valence-corrected chi connectivity index (χ0v) is 29.7. The van der Waals surface area contributed by atoms with Gasteiger partial charge in [0.15, 0.2) is 0 Å². The molecule has 0 saturated carbocycles. The molecule has 0 fully saturated rings. The van der Waals surface area contributed by atoms with Crippen molar-refractivity contribution in [3.8, 4) is 44.5 Å². The Labute approximate surface area is 295 Å². The van der Waals surface area contributed by atoms with Crippen molar-refractivity contribution >= 4 is 56.4 Å². The first-order valence-corrected chi connectivity index (χ1v) is 21.1. The molecule has 0 aliphatic carbocycles. The summed E-state index contributed by atoms with van der Waals surface area (Å²) in [5.41, 5.74) is 10.1. The Balaban J connectivity index is 1.19. The lowest BCUT2D eigenvalue weighted by molar-refractivity contribution is 1.62. The van der Waals surface area contributed by atoms with Crippen LogP contribution in [-0.2, 0) is 0 Å². The van der Waals surface area contributed by atoms with Gasteiger partial charge < -0.3 is 0 Å². The lowest BCUT2D eigenvalue weighted by atomic mass is 9.85. The fraction of sp³-hybridized carbons (Fsp3) is 0.0612. The van der Waals surface area contributed by atoms with Gasteiger partial charge in [0, 0.05) is 0 Å². The van der Waals surface area contributed by atoms with Gasteiger partial charge in [-0.25, -0.2) is 0 Å². The quantitative estimate of drug-likeness (QED) is 0.128. The van der Waals surface area contributed by atoms with Gasteiger partial charge in [-0.05, 0) is 99.7 Å². The number of rotatable bonds is 5. The summed E-state index contributed by atoms with van der Waals surface area (Å²) in [4.78, 5) is 0. The van der Waals surface area contributed by atoms with E-state index in [0.717, 1.165) is 0 Å². The van der Waals surface area contributed by atoms with Crippen molar-refractivity contribution in [2.24, 2.45) is 0 Å². The molecule has 1 heteroatoms. The fourth-order valence-corrected chi connectivity index (χ4v) is 8.94. The van der Waals surface area contributed by atoms with Crippen LogP contribution in [0.2, 0.25) is 19.6 Å². The van der Waals surface area contributed by atoms with Gasteiger partial charge in [0.2, 0.25) is 0 Å². The first-order chi connectivity index (χ1) is 24.4. The van der Waals surface area contributed by atoms with Crippen molar-refractivity contribution in [2.45, 2.75) is 19.6 Å². The summed E-state index contributed by atoms with van der Waals surface area (Å²) in [6.07, 6.45) is 0. The molecule has 0 bridgehead atoms. The van der Waals surface area contributed by atoms with E-state index in [2.05, 4.69) is 196 Å². The van der Waals surface area contributed by atoms with Crippen molar-refractivity contribution in [2.75, 3.05) is 0 Å². The Kier molecular flexibility index (Phi) is 7.26. The molecule has 9 rings (SSSR count). The summed E-state index contributed by atoms with van der Waals surface area (Å²) in [5, 5.41) is 11.7. The van der Waals surface area contributed by atoms with E-state index in [1.807, 2.05) is 0 Å². The summed E-state index contributed by atoms with van der Waals surface area (Å²) in [6.45, 7) is 7.24. The summed E-state index contributed by atoms with van der Waals surface area (Å²) in [6, 6.07) is 65.4. The Morgan fingerprint density at radius 3 is 1.42 bits per heavy atom. The maximum Gasteiger partial charge on any atom is 0.0775 e. The van der Waals surface area contributed by atoms with Crippen molar-refractivity contribution in [3.63, 3.8) is 0 Å². The van der Waals surface area contributed by atoms with Crippen LogP contribution in [0, 0.1) is 0 Å². The summed E-state index contributed by atoms with van der Waals surface area (Å²) >= 11 is 0. The third kappa shape index (κ3) is 5.23. The molecule has 50 heavy (non-hydrogen) atoms. The Bertz CT molecular complexity index is 2650. The molecule has 0 heterocycles. The maximum absolute atomic E-state index is 2.42. The first kappa shape index (κ1) is 30.3. The highest BCUT2D eigenvalue weighted by atomic mass is 28.3. The molecule has 0 radical (unpaired) electrons. The van der Waals surface area contributed by atoms with E-state index < -0.39 is 8.07 Å². The molecule has 0 amide bonds. The van der Waals surface area contributed by atoms with E-state index in [1.165, 1.54) is 92.8 Å². The van der Waals surface area contributed by atoms with Crippen LogP contribution in [0.3, 0.4) is 0 Å². The number of hydrogen-bond donors (Lipinski definition) is 0. The lowest BCUT2D eigenvalue weighted by Crippen LogP contribution is -2.37. The smallest absolute Gasteiger partial charge is 0.0656 e. The van der Waals surface area contributed by atoms with Crippen LogP contribution in [0.5, 0.6) is 0 Å². The van der Waals surface area contributed by atoms with Gasteiger partial charge in [-0.2, -0.15) is 0 Å². The minimum Gasteiger partial charge on any atom is -0.0656 e. The molecule has 0 N–H and O–H groups in total. The van der Waals surface area contributed by atoms with Crippen LogP contribution in [0.1, 0.15) is 0 Å². The Morgan fingerprint density at radius 1 is 0.300 bits per heavy atom. The molecule has 0 aliphatic heterocycles. The van der Waals surface area contributed by atoms with Crippen molar-refractivity contribution in [1.82, 2.24) is 0 Å². The molecule has 9 aromatic carbocycles. The molecule has 0 atom stereocenters. The zero-order chi connectivity index (χ0) is 33.8. The third-order valence-electron chi connectivity index (χ3n) is 10.4. The molecule has 238 valence electrons. The van der Waals surface area contributed by atoms with E-state index in [0.29, 0.717) is 0 Å². The van der Waals surface area contributed by atoms with Crippen LogP contribution in [0.15, 0.2) is 176 Å². The predicted molar refractivity (Wildman–Crippen MR) is 221 cm³/mol. The van der Waals surface area contributed by atoms with E-state index in [4.69, 9.17) is 0 Å². The number of benzene rings is 9. The standard InChI is InChI=1S/C49H38Si/c1-50(2,3)41-29-27-37(28-30-41)48-43-14-6-8-16-45(43)49(46-17-9-7-15-44(46)48)40-26-24-35-13-10-18-42(47(35)32-40)36-22-19-34(20-23-36)39-25-21-33-11-4-5-12-38(33)31-39/h4-32H,1-3H3. The Morgan fingerprint density at radius 2 is 0.780 bits per heavy atom. The van der Waals surface area contributed by atoms with Gasteiger partial charge in [-0.15, -0.1) is 0 Å². The molecule has 0 aliphatic rings. The molecular weight excluding hydrogens is 617 g/mol. The SMILES string of the molecule is C[Si](C)(C)c1ccc(-c2c3ccccc3c(-c3ccc4cccc(-c5ccc(-c6ccc7ccccc7c6)cc5)c4c3)c3ccccc23)cc1. The topological polar surface area (TPSA) is 0 Å². The number of hydrogen-bond acceptors (Lipinski definition) is 0. The average Bonchev–Trinajstić information content (AvgIpc) is 3.16. The predicted octanol–water partition coefficient (Wildman–Crippen LogP) is 13.5. The highest BCUT2D eigenvalue weighted by molar-refractivity contribution is 6.88. The summed E-state index contributed by atoms with van der Waals surface area (Å²) in [7, 11) is -1.40. The molecule has 0 aromatic heterocycles. The van der Waals surface area contributed by atoms with Gasteiger partial charge >= 0.3 is 0 Å². The molecule has 0 unspecified atom stereocenters. The third-order valence-corrected chi connectivity index (χ3v) is 12.5. The van der Waals surface area contributed by atoms with Crippen LogP contribution in [0.25, 0.3) is 87.6 Å². The minimum atomic E-state index is -1.40. The normalized spacial score (nSPS) is 11.9.